The average molecular weight is 454 g/mol. The van der Waals surface area contributed by atoms with E-state index in [4.69, 9.17) is 6.42 Å². The summed E-state index contributed by atoms with van der Waals surface area (Å²) in [6.45, 7) is 2.36. The number of hydrogen-bond acceptors (Lipinski definition) is 5. The molecular weight excluding hydrogens is 433 g/mol. The third-order valence-corrected chi connectivity index (χ3v) is 5.50. The number of pyridine rings is 1. The van der Waals surface area contributed by atoms with E-state index in [2.05, 4.69) is 26.4 Å². The Morgan fingerprint density at radius 2 is 1.97 bits per heavy atom. The molecule has 0 spiro atoms. The Hall–Kier alpha value is -3.87. The molecule has 10 heteroatoms. The minimum Gasteiger partial charge on any atom is -0.364 e. The average Bonchev–Trinajstić information content (AvgIpc) is 3.33. The van der Waals surface area contributed by atoms with E-state index in [0.717, 1.165) is 17.8 Å². The normalized spacial score (nSPS) is 18.6. The highest BCUT2D eigenvalue weighted by atomic mass is 19.4. The van der Waals surface area contributed by atoms with Crippen molar-refractivity contribution in [3.8, 4) is 18.0 Å². The third kappa shape index (κ3) is 4.67. The first-order chi connectivity index (χ1) is 15.8. The molecule has 2 unspecified atom stereocenters. The number of alkyl halides is 3. The molecule has 2 atom stereocenters. The molecule has 3 aromatic rings. The second-order valence-electron chi connectivity index (χ2n) is 7.77. The van der Waals surface area contributed by atoms with Gasteiger partial charge in [0.15, 0.2) is 0 Å². The van der Waals surface area contributed by atoms with Gasteiger partial charge >= 0.3 is 6.18 Å². The number of rotatable bonds is 4. The van der Waals surface area contributed by atoms with Gasteiger partial charge in [0.25, 0.3) is 5.91 Å². The summed E-state index contributed by atoms with van der Waals surface area (Å²) in [6, 6.07) is 6.61. The monoisotopic (exact) mass is 454 g/mol. The third-order valence-electron chi connectivity index (χ3n) is 5.50. The molecule has 0 saturated carbocycles. The first kappa shape index (κ1) is 22.3. The van der Waals surface area contributed by atoms with Crippen LogP contribution in [0.2, 0.25) is 0 Å². The van der Waals surface area contributed by atoms with Crippen molar-refractivity contribution in [3.63, 3.8) is 0 Å². The largest absolute Gasteiger partial charge is 0.417 e. The number of carbonyl (C=O) groups is 1. The van der Waals surface area contributed by atoms with E-state index in [-0.39, 0.29) is 17.8 Å². The van der Waals surface area contributed by atoms with Crippen LogP contribution in [0.4, 0.5) is 19.0 Å². The number of carbonyl (C=O) groups excluding carboxylic acids is 1. The number of aromatic nitrogens is 4. The van der Waals surface area contributed by atoms with Crippen LogP contribution in [0.15, 0.2) is 48.9 Å². The summed E-state index contributed by atoms with van der Waals surface area (Å²) in [7, 11) is 0. The maximum Gasteiger partial charge on any atom is 0.417 e. The zero-order valence-corrected chi connectivity index (χ0v) is 17.8. The van der Waals surface area contributed by atoms with Crippen molar-refractivity contribution in [1.29, 1.82) is 0 Å². The first-order valence-electron chi connectivity index (χ1n) is 10.3. The van der Waals surface area contributed by atoms with Crippen LogP contribution in [0.1, 0.15) is 34.3 Å². The lowest BCUT2D eigenvalue weighted by Crippen LogP contribution is -2.53. The number of nitrogens with one attached hydrogen (secondary N) is 1. The van der Waals surface area contributed by atoms with Crippen LogP contribution in [0, 0.1) is 19.3 Å². The number of benzene rings is 1. The number of aryl methyl sites for hydroxylation is 1. The van der Waals surface area contributed by atoms with Crippen molar-refractivity contribution in [1.82, 2.24) is 24.9 Å². The minimum atomic E-state index is -4.46. The molecule has 2 aromatic heterocycles. The fourth-order valence-electron chi connectivity index (χ4n) is 3.90. The van der Waals surface area contributed by atoms with Crippen molar-refractivity contribution in [2.24, 2.45) is 0 Å². The van der Waals surface area contributed by atoms with Gasteiger partial charge in [-0.2, -0.15) is 28.2 Å². The summed E-state index contributed by atoms with van der Waals surface area (Å²) in [5, 5.41) is 11.4. The topological polar surface area (TPSA) is 75.9 Å². The number of likely N-dealkylation sites (tertiary alicyclic amines) is 1. The molecule has 1 aliphatic heterocycles. The molecule has 4 rings (SSSR count). The van der Waals surface area contributed by atoms with Crippen molar-refractivity contribution in [2.45, 2.75) is 38.0 Å². The van der Waals surface area contributed by atoms with Crippen LogP contribution in [0.3, 0.4) is 0 Å². The van der Waals surface area contributed by atoms with Crippen LogP contribution >= 0.6 is 0 Å². The smallest absolute Gasteiger partial charge is 0.364 e. The van der Waals surface area contributed by atoms with Crippen LogP contribution in [-0.2, 0) is 6.18 Å². The highest BCUT2D eigenvalue weighted by molar-refractivity contribution is 5.98. The highest BCUT2D eigenvalue weighted by Gasteiger charge is 2.35. The molecule has 1 amide bonds. The lowest BCUT2D eigenvalue weighted by Gasteiger charge is -2.39. The molecule has 1 aromatic carbocycles. The minimum absolute atomic E-state index is 0.263. The molecule has 0 bridgehead atoms. The van der Waals surface area contributed by atoms with Gasteiger partial charge in [-0.15, -0.1) is 6.42 Å². The maximum absolute atomic E-state index is 13.5. The molecule has 0 radical (unpaired) electrons. The van der Waals surface area contributed by atoms with Gasteiger partial charge in [0.05, 0.1) is 35.2 Å². The van der Waals surface area contributed by atoms with E-state index >= 15 is 0 Å². The van der Waals surface area contributed by atoms with E-state index in [1.807, 2.05) is 19.1 Å². The summed E-state index contributed by atoms with van der Waals surface area (Å²) < 4.78 is 38.4. The number of halogens is 3. The standard InChI is InChI=1S/C23H21F3N6O/c1-3-19-18(30-21-9-7-16(14-27-21)23(24,25)26)5-4-12-31(19)22(33)17-8-6-15(2)13-20(17)32-28-10-11-29-32/h1,6-11,13-14,18-19H,4-5,12H2,2H3,(H,27,30). The Morgan fingerprint density at radius 3 is 2.61 bits per heavy atom. The molecular formula is C23H21F3N6O. The summed E-state index contributed by atoms with van der Waals surface area (Å²) in [4.78, 5) is 20.4. The van der Waals surface area contributed by atoms with Crippen LogP contribution in [0.5, 0.6) is 0 Å². The summed E-state index contributed by atoms with van der Waals surface area (Å²) in [5.74, 6) is 2.67. The van der Waals surface area contributed by atoms with Crippen molar-refractivity contribution in [2.75, 3.05) is 11.9 Å². The van der Waals surface area contributed by atoms with E-state index in [1.54, 1.807) is 11.0 Å². The number of hydrogen-bond donors (Lipinski definition) is 1. The van der Waals surface area contributed by atoms with Gasteiger partial charge in [0, 0.05) is 12.7 Å². The summed E-state index contributed by atoms with van der Waals surface area (Å²) >= 11 is 0. The molecule has 1 saturated heterocycles. The lowest BCUT2D eigenvalue weighted by molar-refractivity contribution is -0.137. The molecule has 170 valence electrons. The Morgan fingerprint density at radius 1 is 1.21 bits per heavy atom. The van der Waals surface area contributed by atoms with Crippen molar-refractivity contribution >= 4 is 11.7 Å². The molecule has 33 heavy (non-hydrogen) atoms. The van der Waals surface area contributed by atoms with Gasteiger partial charge in [-0.1, -0.05) is 12.0 Å². The fraction of sp³-hybridized carbons (Fsp3) is 0.304. The van der Waals surface area contributed by atoms with Gasteiger partial charge < -0.3 is 10.2 Å². The number of nitrogens with zero attached hydrogens (tertiary/aromatic N) is 5. The zero-order valence-electron chi connectivity index (χ0n) is 17.8. The zero-order chi connectivity index (χ0) is 23.6. The van der Waals surface area contributed by atoms with E-state index in [9.17, 15) is 18.0 Å². The van der Waals surface area contributed by atoms with E-state index in [0.29, 0.717) is 30.6 Å². The second kappa shape index (κ2) is 8.94. The molecule has 3 heterocycles. The Bertz CT molecular complexity index is 1170. The molecule has 1 aliphatic rings. The fourth-order valence-corrected chi connectivity index (χ4v) is 3.90. The first-order valence-corrected chi connectivity index (χ1v) is 10.3. The van der Waals surface area contributed by atoms with Crippen LogP contribution < -0.4 is 5.32 Å². The van der Waals surface area contributed by atoms with Crippen molar-refractivity contribution in [3.05, 3.63) is 65.6 Å². The molecule has 7 nitrogen and oxygen atoms in total. The van der Waals surface area contributed by atoms with E-state index in [1.165, 1.54) is 23.3 Å². The highest BCUT2D eigenvalue weighted by Crippen LogP contribution is 2.30. The Labute approximate surface area is 188 Å². The number of piperidine rings is 1. The van der Waals surface area contributed by atoms with Crippen LogP contribution in [0.25, 0.3) is 5.69 Å². The quantitative estimate of drug-likeness (QED) is 0.609. The van der Waals surface area contributed by atoms with Gasteiger partial charge in [0.1, 0.15) is 11.9 Å². The van der Waals surface area contributed by atoms with E-state index < -0.39 is 17.8 Å². The van der Waals surface area contributed by atoms with Gasteiger partial charge in [-0.05, 0) is 49.6 Å². The van der Waals surface area contributed by atoms with Gasteiger partial charge in [-0.3, -0.25) is 4.79 Å². The number of terminal acetylenes is 1. The summed E-state index contributed by atoms with van der Waals surface area (Å²) in [6.07, 6.45) is 6.48. The maximum atomic E-state index is 13.5. The van der Waals surface area contributed by atoms with Crippen LogP contribution in [-0.4, -0.2) is 49.4 Å². The predicted octanol–water partition coefficient (Wildman–Crippen LogP) is 3.71. The van der Waals surface area contributed by atoms with Crippen molar-refractivity contribution < 1.29 is 18.0 Å². The Balaban J connectivity index is 1.58. The summed E-state index contributed by atoms with van der Waals surface area (Å²) in [5.41, 5.74) is 1.06. The number of amides is 1. The Kier molecular flexibility index (Phi) is 6.05. The molecule has 1 fully saturated rings. The lowest BCUT2D eigenvalue weighted by atomic mass is 9.95. The molecule has 0 aliphatic carbocycles. The number of anilines is 1. The second-order valence-corrected chi connectivity index (χ2v) is 7.77. The SMILES string of the molecule is C#CC1C(Nc2ccc(C(F)(F)F)cn2)CCCN1C(=O)c1ccc(C)cc1-n1nccn1. The van der Waals surface area contributed by atoms with Gasteiger partial charge in [-0.25, -0.2) is 4.98 Å². The molecule has 1 N–H and O–H groups in total. The van der Waals surface area contributed by atoms with Gasteiger partial charge in [0.2, 0.25) is 0 Å². The predicted molar refractivity (Wildman–Crippen MR) is 116 cm³/mol.